The molecule has 0 aliphatic heterocycles. The minimum Gasteiger partial charge on any atom is -0.508 e. The molecular weight excluding hydrogens is 358 g/mol. The number of Topliss-reactive ketones (excluding diaryl/α,β-unsaturated/α-hetero) is 1. The summed E-state index contributed by atoms with van der Waals surface area (Å²) in [5.41, 5.74) is -1.62. The van der Waals surface area contributed by atoms with Crippen LogP contribution in [0.5, 0.6) is 5.75 Å². The van der Waals surface area contributed by atoms with Crippen LogP contribution in [0.15, 0.2) is 18.2 Å². The van der Waals surface area contributed by atoms with E-state index in [0.29, 0.717) is 5.56 Å². The summed E-state index contributed by atoms with van der Waals surface area (Å²) in [4.78, 5) is 39.9. The molecule has 1 rings (SSSR count). The van der Waals surface area contributed by atoms with Gasteiger partial charge >= 0.3 is 6.09 Å². The number of imide groups is 1. The number of rotatable bonds is 4. The zero-order chi connectivity index (χ0) is 22.1. The van der Waals surface area contributed by atoms with Gasteiger partial charge in [-0.1, -0.05) is 40.7 Å². The maximum atomic E-state index is 13.2. The predicted octanol–water partition coefficient (Wildman–Crippen LogP) is 4.72. The topological polar surface area (TPSA) is 83.9 Å². The van der Waals surface area contributed by atoms with Crippen molar-refractivity contribution in [3.05, 3.63) is 29.3 Å². The molecule has 2 amide bonds. The Kier molecular flexibility index (Phi) is 6.71. The Labute approximate surface area is 167 Å². The van der Waals surface area contributed by atoms with Gasteiger partial charge in [-0.05, 0) is 45.4 Å². The second kappa shape index (κ2) is 7.94. The van der Waals surface area contributed by atoms with Crippen LogP contribution in [0.2, 0.25) is 0 Å². The van der Waals surface area contributed by atoms with Gasteiger partial charge < -0.3 is 9.84 Å². The lowest BCUT2D eigenvalue weighted by molar-refractivity contribution is -0.135. The quantitative estimate of drug-likeness (QED) is 0.803. The van der Waals surface area contributed by atoms with Crippen LogP contribution in [0.25, 0.3) is 0 Å². The Hall–Kier alpha value is -2.37. The number of carbonyl (C=O) groups is 3. The lowest BCUT2D eigenvalue weighted by Crippen LogP contribution is -2.49. The molecule has 156 valence electrons. The number of ketones is 1. The van der Waals surface area contributed by atoms with Crippen LogP contribution in [0.3, 0.4) is 0 Å². The minimum atomic E-state index is -0.977. The Morgan fingerprint density at radius 1 is 1.00 bits per heavy atom. The van der Waals surface area contributed by atoms with Gasteiger partial charge in [0.15, 0.2) is 0 Å². The van der Waals surface area contributed by atoms with Gasteiger partial charge in [-0.2, -0.15) is 0 Å². The van der Waals surface area contributed by atoms with Crippen molar-refractivity contribution in [2.45, 2.75) is 67.9 Å². The highest BCUT2D eigenvalue weighted by atomic mass is 16.6. The molecule has 0 heterocycles. The van der Waals surface area contributed by atoms with E-state index in [-0.39, 0.29) is 23.6 Å². The second-order valence-corrected chi connectivity index (χ2v) is 9.83. The molecule has 0 aliphatic carbocycles. The van der Waals surface area contributed by atoms with Crippen LogP contribution >= 0.6 is 0 Å². The fourth-order valence-electron chi connectivity index (χ4n) is 3.00. The Bertz CT molecular complexity index is 766. The average Bonchev–Trinajstić information content (AvgIpc) is 2.51. The number of hydrogen-bond donors (Lipinski definition) is 1. The van der Waals surface area contributed by atoms with Gasteiger partial charge in [0.2, 0.25) is 0 Å². The first-order valence-electron chi connectivity index (χ1n) is 9.35. The van der Waals surface area contributed by atoms with E-state index >= 15 is 0 Å². The summed E-state index contributed by atoms with van der Waals surface area (Å²) >= 11 is 0. The largest absolute Gasteiger partial charge is 0.508 e. The highest BCUT2D eigenvalue weighted by molar-refractivity contribution is 6.04. The summed E-state index contributed by atoms with van der Waals surface area (Å²) in [6.45, 7) is 15.5. The fraction of sp³-hybridized carbons (Fsp3) is 0.591. The van der Waals surface area contributed by atoms with Gasteiger partial charge in [-0.15, -0.1) is 0 Å². The van der Waals surface area contributed by atoms with Crippen molar-refractivity contribution in [3.8, 4) is 5.75 Å². The Morgan fingerprint density at radius 3 is 2.00 bits per heavy atom. The molecule has 0 radical (unpaired) electrons. The summed E-state index contributed by atoms with van der Waals surface area (Å²) in [6, 6.07) is 4.38. The van der Waals surface area contributed by atoms with Crippen molar-refractivity contribution in [3.63, 3.8) is 0 Å². The van der Waals surface area contributed by atoms with Crippen LogP contribution in [-0.2, 0) is 9.53 Å². The summed E-state index contributed by atoms with van der Waals surface area (Å²) in [5, 5.41) is 9.78. The van der Waals surface area contributed by atoms with Crippen molar-refractivity contribution in [1.82, 2.24) is 4.90 Å². The molecule has 0 atom stereocenters. The van der Waals surface area contributed by atoms with Crippen LogP contribution in [0, 0.1) is 17.8 Å². The van der Waals surface area contributed by atoms with Gasteiger partial charge in [0.1, 0.15) is 17.1 Å². The van der Waals surface area contributed by atoms with E-state index in [4.69, 9.17) is 4.74 Å². The molecule has 1 N–H and O–H groups in total. The normalized spacial score (nSPS) is 12.5. The first-order chi connectivity index (χ1) is 12.5. The molecule has 1 aromatic rings. The van der Waals surface area contributed by atoms with Crippen LogP contribution in [0.1, 0.15) is 71.3 Å². The number of carbonyl (C=O) groups excluding carboxylic acids is 3. The SMILES string of the molecule is Cc1ccc(O)cc1C(=O)N(CC(C)(C)C(=O)C(C)(C)C)C(=O)OC(C)(C)C. The third-order valence-corrected chi connectivity index (χ3v) is 4.16. The lowest BCUT2D eigenvalue weighted by atomic mass is 9.74. The predicted molar refractivity (Wildman–Crippen MR) is 108 cm³/mol. The molecular formula is C22H33NO5. The van der Waals surface area contributed by atoms with E-state index in [1.165, 1.54) is 12.1 Å². The van der Waals surface area contributed by atoms with E-state index in [2.05, 4.69) is 0 Å². The molecule has 6 heteroatoms. The summed E-state index contributed by atoms with van der Waals surface area (Å²) in [7, 11) is 0. The number of aryl methyl sites for hydroxylation is 1. The zero-order valence-electron chi connectivity index (χ0n) is 18.5. The summed E-state index contributed by atoms with van der Waals surface area (Å²) in [6.07, 6.45) is -0.824. The third kappa shape index (κ3) is 6.08. The number of aromatic hydroxyl groups is 1. The van der Waals surface area contributed by atoms with Crippen LogP contribution < -0.4 is 0 Å². The highest BCUT2D eigenvalue weighted by Gasteiger charge is 2.41. The third-order valence-electron chi connectivity index (χ3n) is 4.16. The van der Waals surface area contributed by atoms with Crippen molar-refractivity contribution in [1.29, 1.82) is 0 Å². The molecule has 0 aliphatic rings. The number of hydrogen-bond acceptors (Lipinski definition) is 5. The molecule has 0 unspecified atom stereocenters. The Balaban J connectivity index is 3.37. The molecule has 28 heavy (non-hydrogen) atoms. The summed E-state index contributed by atoms with van der Waals surface area (Å²) in [5.74, 6) is -0.769. The van der Waals surface area contributed by atoms with Crippen LogP contribution in [-0.4, -0.2) is 39.9 Å². The molecule has 0 saturated heterocycles. The first-order valence-corrected chi connectivity index (χ1v) is 9.35. The van der Waals surface area contributed by atoms with Gasteiger partial charge in [0, 0.05) is 22.9 Å². The molecule has 0 bridgehead atoms. The smallest absolute Gasteiger partial charge is 0.417 e. The number of amides is 2. The highest BCUT2D eigenvalue weighted by Crippen LogP contribution is 2.31. The lowest BCUT2D eigenvalue weighted by Gasteiger charge is -2.35. The molecule has 0 fully saturated rings. The average molecular weight is 392 g/mol. The van der Waals surface area contributed by atoms with E-state index in [9.17, 15) is 19.5 Å². The fourth-order valence-corrected chi connectivity index (χ4v) is 3.00. The van der Waals surface area contributed by atoms with E-state index < -0.39 is 28.4 Å². The molecule has 0 saturated carbocycles. The van der Waals surface area contributed by atoms with E-state index in [1.807, 2.05) is 0 Å². The summed E-state index contributed by atoms with van der Waals surface area (Å²) < 4.78 is 5.42. The maximum absolute atomic E-state index is 13.2. The number of benzene rings is 1. The second-order valence-electron chi connectivity index (χ2n) is 9.83. The standard InChI is InChI=1S/C22H33NO5/c1-14-10-11-15(24)12-16(14)17(25)23(19(27)28-21(5,6)7)13-22(8,9)18(26)20(2,3)4/h10-12,24H,13H2,1-9H3. The monoisotopic (exact) mass is 391 g/mol. The number of ether oxygens (including phenoxy) is 1. The van der Waals surface area contributed by atoms with Crippen molar-refractivity contribution >= 4 is 17.8 Å². The molecule has 0 spiro atoms. The van der Waals surface area contributed by atoms with Crippen molar-refractivity contribution in [2.24, 2.45) is 10.8 Å². The first kappa shape index (κ1) is 23.7. The molecule has 0 aromatic heterocycles. The Morgan fingerprint density at radius 2 is 1.54 bits per heavy atom. The van der Waals surface area contributed by atoms with Crippen molar-refractivity contribution in [2.75, 3.05) is 6.54 Å². The van der Waals surface area contributed by atoms with E-state index in [1.54, 1.807) is 68.4 Å². The van der Waals surface area contributed by atoms with Gasteiger partial charge in [0.25, 0.3) is 5.91 Å². The van der Waals surface area contributed by atoms with Crippen LogP contribution in [0.4, 0.5) is 4.79 Å². The molecule has 1 aromatic carbocycles. The van der Waals surface area contributed by atoms with Gasteiger partial charge in [-0.3, -0.25) is 9.59 Å². The number of phenols is 1. The van der Waals surface area contributed by atoms with Gasteiger partial charge in [-0.25, -0.2) is 9.69 Å². The maximum Gasteiger partial charge on any atom is 0.417 e. The zero-order valence-corrected chi connectivity index (χ0v) is 18.5. The number of phenolic OH excluding ortho intramolecular Hbond substituents is 1. The van der Waals surface area contributed by atoms with Crippen molar-refractivity contribution < 1.29 is 24.2 Å². The minimum absolute atomic E-state index is 0.0750. The number of nitrogens with zero attached hydrogens (tertiary/aromatic N) is 1. The molecule has 6 nitrogen and oxygen atoms in total. The van der Waals surface area contributed by atoms with Gasteiger partial charge in [0.05, 0.1) is 0 Å². The van der Waals surface area contributed by atoms with E-state index in [0.717, 1.165) is 4.90 Å².